The molecule has 61 heavy (non-hydrogen) atoms. The van der Waals surface area contributed by atoms with Crippen LogP contribution in [0.25, 0.3) is 22.3 Å². The largest absolute Gasteiger partial charge is 0.368 e. The summed E-state index contributed by atoms with van der Waals surface area (Å²) in [5.74, 6) is 0.339. The molecule has 4 aromatic heterocycles. The van der Waals surface area contributed by atoms with Crippen molar-refractivity contribution in [2.24, 2.45) is 0 Å². The summed E-state index contributed by atoms with van der Waals surface area (Å²) in [7, 11) is 0. The lowest BCUT2D eigenvalue weighted by Gasteiger charge is -2.31. The highest BCUT2D eigenvalue weighted by Crippen LogP contribution is 2.64. The Kier molecular flexibility index (Phi) is 7.83. The molecule has 0 saturated carbocycles. The lowest BCUT2D eigenvalue weighted by molar-refractivity contribution is 0.795. The molecule has 0 unspecified atom stereocenters. The number of hydrogen-bond acceptors (Lipinski definition) is 24. The van der Waals surface area contributed by atoms with E-state index in [1.807, 2.05) is 72.8 Å². The van der Waals surface area contributed by atoms with Gasteiger partial charge in [-0.05, 0) is 93.0 Å². The molecule has 0 bridgehead atoms. The molecule has 2 aliphatic carbocycles. The standard InChI is InChI=1S/C37H32N24/c38-25-50-26(39)55-33(54-25)46-13-1-5-17-18-6-2-14(47-34-56-27(40)51-28(41)57-34)10-22(18)37(21(17)9-13)23-11-15(48-35-58-29(42)52-30(43)59-35)3-7-19(23)20-8-4-16(12-24(20)37)49-36-60-31(44)53-32(45)61-36/h1-12H,(H5,38,39,46,50,54,55)(H5,40,41,47,51,56,57)(H5,42,43,48,52,58,59)(H5,44,45,49,53,60,61). The third-order valence-corrected chi connectivity index (χ3v) is 9.98. The minimum atomic E-state index is -1.04. The molecule has 4 heterocycles. The normalized spacial score (nSPS) is 12.6. The van der Waals surface area contributed by atoms with Gasteiger partial charge in [0, 0.05) is 22.7 Å². The maximum atomic E-state index is 5.94. The predicted molar refractivity (Wildman–Crippen MR) is 230 cm³/mol. The molecule has 0 fully saturated rings. The Hall–Kier alpha value is -9.48. The van der Waals surface area contributed by atoms with E-state index in [1.54, 1.807) is 0 Å². The molecule has 1 spiro atoms. The molecule has 20 N–H and O–H groups in total. The van der Waals surface area contributed by atoms with Crippen molar-refractivity contribution < 1.29 is 0 Å². The van der Waals surface area contributed by atoms with E-state index in [1.165, 1.54) is 0 Å². The van der Waals surface area contributed by atoms with Gasteiger partial charge in [-0.3, -0.25) is 0 Å². The van der Waals surface area contributed by atoms with Crippen LogP contribution in [0.5, 0.6) is 0 Å². The van der Waals surface area contributed by atoms with E-state index < -0.39 is 5.41 Å². The summed E-state index contributed by atoms with van der Waals surface area (Å²) in [6.07, 6.45) is 0. The minimum absolute atomic E-state index is 0.0381. The summed E-state index contributed by atoms with van der Waals surface area (Å²) in [6, 6.07) is 23.9. The van der Waals surface area contributed by atoms with E-state index in [4.69, 9.17) is 45.9 Å². The van der Waals surface area contributed by atoms with E-state index in [9.17, 15) is 0 Å². The lowest BCUT2D eigenvalue weighted by atomic mass is 9.70. The monoisotopic (exact) mass is 812 g/mol. The summed E-state index contributed by atoms with van der Waals surface area (Å²) < 4.78 is 0. The molecule has 300 valence electrons. The van der Waals surface area contributed by atoms with E-state index in [-0.39, 0.29) is 71.4 Å². The number of hydrogen-bond donors (Lipinski definition) is 12. The fraction of sp³-hybridized carbons (Fsp3) is 0.0270. The highest BCUT2D eigenvalue weighted by Gasteiger charge is 2.52. The summed E-state index contributed by atoms with van der Waals surface area (Å²) in [5, 5.41) is 13.1. The van der Waals surface area contributed by atoms with Crippen LogP contribution in [0.15, 0.2) is 72.8 Å². The van der Waals surface area contributed by atoms with Gasteiger partial charge in [0.25, 0.3) is 0 Å². The molecule has 4 aromatic carbocycles. The van der Waals surface area contributed by atoms with Crippen LogP contribution in [-0.4, -0.2) is 59.8 Å². The Labute approximate surface area is 343 Å². The summed E-state index contributed by atoms with van der Waals surface area (Å²) >= 11 is 0. The summed E-state index contributed by atoms with van der Waals surface area (Å²) in [4.78, 5) is 49.7. The van der Waals surface area contributed by atoms with Crippen molar-refractivity contribution in [1.29, 1.82) is 0 Å². The Balaban J connectivity index is 1.22. The van der Waals surface area contributed by atoms with Crippen LogP contribution in [0, 0.1) is 0 Å². The van der Waals surface area contributed by atoms with Gasteiger partial charge in [0.05, 0.1) is 5.41 Å². The maximum Gasteiger partial charge on any atom is 0.233 e. The van der Waals surface area contributed by atoms with Gasteiger partial charge < -0.3 is 67.1 Å². The quantitative estimate of drug-likeness (QED) is 0.105. The van der Waals surface area contributed by atoms with E-state index in [0.717, 1.165) is 44.5 Å². The highest BCUT2D eigenvalue weighted by molar-refractivity contribution is 5.98. The smallest absolute Gasteiger partial charge is 0.233 e. The van der Waals surface area contributed by atoms with Gasteiger partial charge in [-0.2, -0.15) is 59.8 Å². The first-order valence-electron chi connectivity index (χ1n) is 18.1. The first-order valence-corrected chi connectivity index (χ1v) is 18.1. The molecular weight excluding hydrogens is 781 g/mol. The van der Waals surface area contributed by atoms with Gasteiger partial charge in [0.2, 0.25) is 71.4 Å². The second-order valence-electron chi connectivity index (χ2n) is 13.8. The number of nitrogens with two attached hydrogens (primary N) is 8. The molecule has 24 nitrogen and oxygen atoms in total. The average molecular weight is 813 g/mol. The van der Waals surface area contributed by atoms with Gasteiger partial charge in [-0.25, -0.2) is 0 Å². The number of fused-ring (bicyclic) bond motifs is 10. The van der Waals surface area contributed by atoms with E-state index in [2.05, 4.69) is 81.1 Å². The molecule has 0 atom stereocenters. The predicted octanol–water partition coefficient (Wildman–Crippen LogP) is 2.40. The van der Waals surface area contributed by atoms with Crippen LogP contribution in [0.2, 0.25) is 0 Å². The second kappa shape index (κ2) is 13.3. The molecule has 2 aliphatic rings. The van der Waals surface area contributed by atoms with Gasteiger partial charge in [-0.15, -0.1) is 0 Å². The number of benzene rings is 4. The van der Waals surface area contributed by atoms with Gasteiger partial charge in [-0.1, -0.05) is 24.3 Å². The first-order chi connectivity index (χ1) is 29.4. The zero-order valence-electron chi connectivity index (χ0n) is 31.4. The van der Waals surface area contributed by atoms with Crippen molar-refractivity contribution in [3.8, 4) is 22.3 Å². The highest BCUT2D eigenvalue weighted by atomic mass is 15.2. The topological polar surface area (TPSA) is 411 Å². The number of anilines is 16. The maximum absolute atomic E-state index is 5.94. The molecule has 10 rings (SSSR count). The number of aromatic nitrogens is 12. The van der Waals surface area contributed by atoms with Crippen molar-refractivity contribution in [2.45, 2.75) is 5.41 Å². The van der Waals surface area contributed by atoms with Crippen molar-refractivity contribution in [1.82, 2.24) is 59.8 Å². The van der Waals surface area contributed by atoms with Crippen molar-refractivity contribution in [3.05, 3.63) is 95.1 Å². The third kappa shape index (κ3) is 6.20. The van der Waals surface area contributed by atoms with Gasteiger partial charge in [0.1, 0.15) is 0 Å². The zero-order valence-corrected chi connectivity index (χ0v) is 31.4. The number of nitrogens with one attached hydrogen (secondary N) is 4. The molecular formula is C37H32N24. The average Bonchev–Trinajstić information content (AvgIpc) is 3.62. The van der Waals surface area contributed by atoms with Crippen LogP contribution in [0.3, 0.4) is 0 Å². The molecule has 24 heteroatoms. The second-order valence-corrected chi connectivity index (χ2v) is 13.8. The molecule has 0 radical (unpaired) electrons. The fourth-order valence-corrected chi connectivity index (χ4v) is 7.92. The molecule has 0 aliphatic heterocycles. The summed E-state index contributed by atoms with van der Waals surface area (Å²) in [5.41, 5.74) is 56.3. The molecule has 0 amide bonds. The Morgan fingerprint density at radius 2 is 0.475 bits per heavy atom. The Bertz CT molecular complexity index is 2620. The van der Waals surface area contributed by atoms with Crippen LogP contribution >= 0.6 is 0 Å². The van der Waals surface area contributed by atoms with Crippen molar-refractivity contribution in [3.63, 3.8) is 0 Å². The van der Waals surface area contributed by atoms with Crippen LogP contribution in [-0.2, 0) is 5.41 Å². The van der Waals surface area contributed by atoms with Crippen LogP contribution in [0.1, 0.15) is 22.3 Å². The Morgan fingerprint density at radius 3 is 0.672 bits per heavy atom. The third-order valence-electron chi connectivity index (χ3n) is 9.98. The fourth-order valence-electron chi connectivity index (χ4n) is 7.92. The number of rotatable bonds is 8. The Morgan fingerprint density at radius 1 is 0.279 bits per heavy atom. The minimum Gasteiger partial charge on any atom is -0.368 e. The van der Waals surface area contributed by atoms with Crippen LogP contribution in [0.4, 0.5) is 94.1 Å². The van der Waals surface area contributed by atoms with Gasteiger partial charge in [0.15, 0.2) is 0 Å². The lowest BCUT2D eigenvalue weighted by Crippen LogP contribution is -2.26. The van der Waals surface area contributed by atoms with Crippen molar-refractivity contribution >= 4 is 94.1 Å². The van der Waals surface area contributed by atoms with E-state index in [0.29, 0.717) is 22.7 Å². The molecule has 8 aromatic rings. The summed E-state index contributed by atoms with van der Waals surface area (Å²) in [6.45, 7) is 0. The SMILES string of the molecule is Nc1nc(N)nc(Nc2ccc3c(c2)C2(c4cc(Nc5nc(N)nc(N)n5)ccc4-3)c3cc(Nc4nc(N)nc(N)n4)ccc3-c3ccc(Nc4nc(N)nc(N)n4)cc32)n1. The molecule has 0 saturated heterocycles. The van der Waals surface area contributed by atoms with Crippen molar-refractivity contribution in [2.75, 3.05) is 67.1 Å². The van der Waals surface area contributed by atoms with Gasteiger partial charge >= 0.3 is 0 Å². The zero-order chi connectivity index (χ0) is 42.2. The first kappa shape index (κ1) is 35.9. The van der Waals surface area contributed by atoms with Crippen LogP contribution < -0.4 is 67.1 Å². The van der Waals surface area contributed by atoms with E-state index >= 15 is 0 Å². The number of nitrogen functional groups attached to an aromatic ring is 8. The number of nitrogens with zero attached hydrogens (tertiary/aromatic N) is 12.